The highest BCUT2D eigenvalue weighted by Gasteiger charge is 2.13. The molecule has 0 aliphatic carbocycles. The number of nitrogens with zero attached hydrogens (tertiary/aromatic N) is 1. The number of hydrogen-bond acceptors (Lipinski definition) is 2. The van der Waals surface area contributed by atoms with Crippen LogP contribution in [0.4, 0.5) is 0 Å². The summed E-state index contributed by atoms with van der Waals surface area (Å²) in [5.74, 6) is 0.521. The van der Waals surface area contributed by atoms with Crippen LogP contribution < -0.4 is 11.1 Å². The summed E-state index contributed by atoms with van der Waals surface area (Å²) in [5.41, 5.74) is 5.85. The van der Waals surface area contributed by atoms with E-state index in [2.05, 4.69) is 49.5 Å². The van der Waals surface area contributed by atoms with Crippen molar-refractivity contribution in [3.63, 3.8) is 0 Å². The summed E-state index contributed by atoms with van der Waals surface area (Å²) in [6.45, 7) is 8.34. The quantitative estimate of drug-likeness (QED) is 0.629. The minimum atomic E-state index is -0.0404. The highest BCUT2D eigenvalue weighted by molar-refractivity contribution is 7.10. The molecular formula is C12H21N3S. The van der Waals surface area contributed by atoms with E-state index >= 15 is 0 Å². The standard InChI is InChI=1S/C12H21N3S/c1-5-9(10-7-6-8-16-10)14-11(13)15-12(2,3)4/h6-9H,5H2,1-4H3,(H3,13,14,15). The molecule has 0 aliphatic heterocycles. The lowest BCUT2D eigenvalue weighted by atomic mass is 10.1. The third-order valence-corrected chi connectivity index (χ3v) is 3.03. The van der Waals surface area contributed by atoms with Crippen molar-refractivity contribution in [2.75, 3.05) is 0 Å². The smallest absolute Gasteiger partial charge is 0.189 e. The third-order valence-electron chi connectivity index (χ3n) is 2.06. The first-order chi connectivity index (χ1) is 7.42. The van der Waals surface area contributed by atoms with Crippen LogP contribution >= 0.6 is 11.3 Å². The number of rotatable bonds is 3. The molecule has 0 spiro atoms. The second-order valence-corrected chi connectivity index (χ2v) is 5.81. The summed E-state index contributed by atoms with van der Waals surface area (Å²) >= 11 is 1.73. The Hall–Kier alpha value is -1.03. The average molecular weight is 239 g/mol. The monoisotopic (exact) mass is 239 g/mol. The van der Waals surface area contributed by atoms with E-state index in [0.29, 0.717) is 5.96 Å². The summed E-state index contributed by atoms with van der Waals surface area (Å²) in [5, 5.41) is 5.25. The molecule has 0 radical (unpaired) electrons. The van der Waals surface area contributed by atoms with E-state index in [1.807, 2.05) is 6.07 Å². The lowest BCUT2D eigenvalue weighted by Gasteiger charge is -2.22. The molecule has 1 rings (SSSR count). The fraction of sp³-hybridized carbons (Fsp3) is 0.583. The Labute approximate surface area is 102 Å². The Morgan fingerprint density at radius 1 is 1.56 bits per heavy atom. The molecular weight excluding hydrogens is 218 g/mol. The second-order valence-electron chi connectivity index (χ2n) is 4.83. The van der Waals surface area contributed by atoms with Gasteiger partial charge in [-0.1, -0.05) is 13.0 Å². The molecule has 0 fully saturated rings. The number of aliphatic imine (C=N–C) groups is 1. The Morgan fingerprint density at radius 3 is 2.69 bits per heavy atom. The third kappa shape index (κ3) is 4.23. The molecule has 1 aromatic rings. The molecule has 1 aromatic heterocycles. The zero-order chi connectivity index (χ0) is 12.2. The molecule has 1 heterocycles. The van der Waals surface area contributed by atoms with Crippen LogP contribution in [0.15, 0.2) is 22.5 Å². The lowest BCUT2D eigenvalue weighted by molar-refractivity contribution is 0.505. The van der Waals surface area contributed by atoms with Gasteiger partial charge in [0.05, 0.1) is 6.04 Å². The van der Waals surface area contributed by atoms with Crippen molar-refractivity contribution in [1.29, 1.82) is 0 Å². The molecule has 0 saturated heterocycles. The highest BCUT2D eigenvalue weighted by atomic mass is 32.1. The van der Waals surface area contributed by atoms with Crippen LogP contribution in [0.2, 0.25) is 0 Å². The van der Waals surface area contributed by atoms with Crippen molar-refractivity contribution >= 4 is 17.3 Å². The highest BCUT2D eigenvalue weighted by Crippen LogP contribution is 2.25. The summed E-state index contributed by atoms with van der Waals surface area (Å²) in [6.07, 6.45) is 0.965. The van der Waals surface area contributed by atoms with Crippen molar-refractivity contribution < 1.29 is 0 Å². The molecule has 1 atom stereocenters. The second kappa shape index (κ2) is 5.34. The SMILES string of the molecule is CCC(N=C(N)NC(C)(C)C)c1cccs1. The van der Waals surface area contributed by atoms with Gasteiger partial charge in [-0.3, -0.25) is 0 Å². The van der Waals surface area contributed by atoms with Gasteiger partial charge in [0.1, 0.15) is 0 Å². The minimum Gasteiger partial charge on any atom is -0.370 e. The van der Waals surface area contributed by atoms with E-state index in [0.717, 1.165) is 6.42 Å². The zero-order valence-corrected chi connectivity index (χ0v) is 11.3. The largest absolute Gasteiger partial charge is 0.370 e. The molecule has 0 aliphatic rings. The average Bonchev–Trinajstić information content (AvgIpc) is 2.63. The minimum absolute atomic E-state index is 0.0404. The van der Waals surface area contributed by atoms with Gasteiger partial charge in [-0.2, -0.15) is 0 Å². The van der Waals surface area contributed by atoms with Gasteiger partial charge >= 0.3 is 0 Å². The maximum Gasteiger partial charge on any atom is 0.189 e. The molecule has 4 heteroatoms. The molecule has 16 heavy (non-hydrogen) atoms. The van der Waals surface area contributed by atoms with Crippen LogP contribution in [-0.4, -0.2) is 11.5 Å². The van der Waals surface area contributed by atoms with Crippen LogP contribution in [0.5, 0.6) is 0 Å². The first-order valence-electron chi connectivity index (χ1n) is 5.57. The van der Waals surface area contributed by atoms with Gasteiger partial charge in [0.15, 0.2) is 5.96 Å². The van der Waals surface area contributed by atoms with E-state index in [1.54, 1.807) is 11.3 Å². The van der Waals surface area contributed by atoms with E-state index in [9.17, 15) is 0 Å². The summed E-state index contributed by atoms with van der Waals surface area (Å²) < 4.78 is 0. The summed E-state index contributed by atoms with van der Waals surface area (Å²) in [4.78, 5) is 5.78. The zero-order valence-electron chi connectivity index (χ0n) is 10.4. The van der Waals surface area contributed by atoms with E-state index in [4.69, 9.17) is 5.73 Å². The number of hydrogen-bond donors (Lipinski definition) is 2. The van der Waals surface area contributed by atoms with Crippen molar-refractivity contribution in [2.24, 2.45) is 10.7 Å². The van der Waals surface area contributed by atoms with Crippen LogP contribution in [0.25, 0.3) is 0 Å². The van der Waals surface area contributed by atoms with Gasteiger partial charge in [-0.15, -0.1) is 11.3 Å². The molecule has 0 amide bonds. The van der Waals surface area contributed by atoms with Crippen molar-refractivity contribution in [3.05, 3.63) is 22.4 Å². The van der Waals surface area contributed by atoms with Crippen LogP contribution in [-0.2, 0) is 0 Å². The van der Waals surface area contributed by atoms with Gasteiger partial charge < -0.3 is 11.1 Å². The lowest BCUT2D eigenvalue weighted by Crippen LogP contribution is -2.45. The van der Waals surface area contributed by atoms with Gasteiger partial charge in [0, 0.05) is 10.4 Å². The normalized spacial score (nSPS) is 14.9. The molecule has 0 saturated carbocycles. The first kappa shape index (κ1) is 13.0. The van der Waals surface area contributed by atoms with Crippen LogP contribution in [0.3, 0.4) is 0 Å². The summed E-state index contributed by atoms with van der Waals surface area (Å²) in [6, 6.07) is 4.33. The number of nitrogens with two attached hydrogens (primary N) is 1. The Bertz CT molecular complexity index is 336. The fourth-order valence-electron chi connectivity index (χ4n) is 1.42. The van der Waals surface area contributed by atoms with Crippen molar-refractivity contribution in [1.82, 2.24) is 5.32 Å². The molecule has 90 valence electrons. The van der Waals surface area contributed by atoms with Gasteiger partial charge in [-0.25, -0.2) is 4.99 Å². The number of guanidine groups is 1. The molecule has 0 aromatic carbocycles. The van der Waals surface area contributed by atoms with Crippen molar-refractivity contribution in [3.8, 4) is 0 Å². The number of nitrogens with one attached hydrogen (secondary N) is 1. The predicted octanol–water partition coefficient (Wildman–Crippen LogP) is 2.90. The van der Waals surface area contributed by atoms with E-state index in [-0.39, 0.29) is 11.6 Å². The first-order valence-corrected chi connectivity index (χ1v) is 6.45. The Morgan fingerprint density at radius 2 is 2.25 bits per heavy atom. The van der Waals surface area contributed by atoms with Gasteiger partial charge in [0.25, 0.3) is 0 Å². The predicted molar refractivity (Wildman–Crippen MR) is 71.9 cm³/mol. The maximum absolute atomic E-state index is 5.89. The Kier molecular flexibility index (Phi) is 4.35. The van der Waals surface area contributed by atoms with Crippen LogP contribution in [0.1, 0.15) is 45.0 Å². The van der Waals surface area contributed by atoms with Crippen LogP contribution in [0, 0.1) is 0 Å². The fourth-order valence-corrected chi connectivity index (χ4v) is 2.27. The molecule has 3 N–H and O–H groups in total. The molecule has 1 unspecified atom stereocenters. The maximum atomic E-state index is 5.89. The number of thiophene rings is 1. The van der Waals surface area contributed by atoms with E-state index in [1.165, 1.54) is 4.88 Å². The van der Waals surface area contributed by atoms with Crippen molar-refractivity contribution in [2.45, 2.75) is 45.7 Å². The molecule has 0 bridgehead atoms. The summed E-state index contributed by atoms with van der Waals surface area (Å²) in [7, 11) is 0. The topological polar surface area (TPSA) is 50.4 Å². The van der Waals surface area contributed by atoms with E-state index < -0.39 is 0 Å². The van der Waals surface area contributed by atoms with Gasteiger partial charge in [0.2, 0.25) is 0 Å². The molecule has 3 nitrogen and oxygen atoms in total. The Balaban J connectivity index is 2.72. The van der Waals surface area contributed by atoms with Gasteiger partial charge in [-0.05, 0) is 38.6 Å².